The number of rotatable bonds is 12. The lowest BCUT2D eigenvalue weighted by Gasteiger charge is -2.14. The van der Waals surface area contributed by atoms with Crippen LogP contribution in [0.5, 0.6) is 0 Å². The molecule has 0 heterocycles. The Morgan fingerprint density at radius 2 is 1.23 bits per heavy atom. The van der Waals surface area contributed by atoms with Crippen molar-refractivity contribution in [3.63, 3.8) is 0 Å². The molecule has 0 amide bonds. The van der Waals surface area contributed by atoms with Crippen LogP contribution in [-0.4, -0.2) is 62.9 Å². The van der Waals surface area contributed by atoms with E-state index in [0.717, 1.165) is 0 Å². The molecule has 0 saturated heterocycles. The second kappa shape index (κ2) is 14.8. The average molecular weight is 480 g/mol. The van der Waals surface area contributed by atoms with Crippen molar-refractivity contribution < 1.29 is 54.4 Å². The lowest BCUT2D eigenvalue weighted by atomic mass is 10.5. The van der Waals surface area contributed by atoms with Gasteiger partial charge in [-0.2, -0.15) is 8.42 Å². The van der Waals surface area contributed by atoms with Crippen LogP contribution in [0.25, 0.3) is 0 Å². The predicted molar refractivity (Wildman–Crippen MR) is 106 cm³/mol. The number of phosphoric acid groups is 1. The Kier molecular flexibility index (Phi) is 15.4. The highest BCUT2D eigenvalue weighted by atomic mass is 32.3. The normalized spacial score (nSPS) is 13.8. The van der Waals surface area contributed by atoms with Crippen LogP contribution < -0.4 is 0 Å². The molecule has 0 fully saturated rings. The number of ether oxygens (including phenoxy) is 2. The zero-order valence-corrected chi connectivity index (χ0v) is 20.2. The van der Waals surface area contributed by atoms with E-state index >= 15 is 0 Å². The van der Waals surface area contributed by atoms with Gasteiger partial charge >= 0.3 is 30.2 Å². The Morgan fingerprint density at radius 1 is 0.800 bits per heavy atom. The molecular weight excluding hydrogens is 447 g/mol. The van der Waals surface area contributed by atoms with Gasteiger partial charge in [-0.25, -0.2) is 22.5 Å². The van der Waals surface area contributed by atoms with E-state index in [2.05, 4.69) is 22.2 Å². The maximum Gasteiger partial charge on any atom is 0.472 e. The molecule has 0 aromatic carbocycles. The molecule has 12 nitrogen and oxygen atoms in total. The Balaban J connectivity index is 0. The first-order valence-electron chi connectivity index (χ1n) is 9.08. The Labute approximate surface area is 178 Å². The van der Waals surface area contributed by atoms with Crippen LogP contribution in [0.1, 0.15) is 55.4 Å². The molecule has 1 unspecified atom stereocenters. The number of hydrogen-bond donors (Lipinski definition) is 1. The van der Waals surface area contributed by atoms with Crippen LogP contribution in [0.4, 0.5) is 0 Å². The SMILES string of the molecule is CC(C)OC(=O)COP(=O)(O)OC(C)C.CC(C)OC(=O)COS(=O)(=O)OC(C)C. The molecule has 0 radical (unpaired) electrons. The molecule has 14 heteroatoms. The molecule has 0 aliphatic heterocycles. The second-order valence-electron chi connectivity index (χ2n) is 6.79. The molecule has 1 atom stereocenters. The molecule has 30 heavy (non-hydrogen) atoms. The van der Waals surface area contributed by atoms with Crippen molar-refractivity contribution in [2.24, 2.45) is 0 Å². The van der Waals surface area contributed by atoms with Gasteiger partial charge in [-0.1, -0.05) is 0 Å². The van der Waals surface area contributed by atoms with Gasteiger partial charge in [0.05, 0.1) is 24.4 Å². The van der Waals surface area contributed by atoms with Crippen molar-refractivity contribution in [2.45, 2.75) is 79.8 Å². The Hall–Kier alpha value is -1.08. The van der Waals surface area contributed by atoms with Crippen molar-refractivity contribution in [3.05, 3.63) is 0 Å². The third-order valence-corrected chi connectivity index (χ3v) is 4.23. The van der Waals surface area contributed by atoms with E-state index in [1.54, 1.807) is 41.5 Å². The first-order valence-corrected chi connectivity index (χ1v) is 11.9. The maximum absolute atomic E-state index is 11.1. The van der Waals surface area contributed by atoms with Gasteiger partial charge in [0.15, 0.2) is 13.2 Å². The van der Waals surface area contributed by atoms with E-state index < -0.39 is 55.6 Å². The third-order valence-electron chi connectivity index (χ3n) is 2.06. The zero-order valence-electron chi connectivity index (χ0n) is 18.5. The summed E-state index contributed by atoms with van der Waals surface area (Å²) in [5, 5.41) is 0. The summed E-state index contributed by atoms with van der Waals surface area (Å²) in [5.41, 5.74) is 0. The van der Waals surface area contributed by atoms with Crippen LogP contribution in [0, 0.1) is 0 Å². The standard InChI is InChI=1S/C8H17O6P.C8H16O6S/c2*1-6(2)13-8(9)5-12-15(10,11)14-7(3)4/h6-7H,5H2,1-4H3,(H,10,11);6-7H,5H2,1-4H3. The van der Waals surface area contributed by atoms with E-state index in [1.165, 1.54) is 13.8 Å². The summed E-state index contributed by atoms with van der Waals surface area (Å²) >= 11 is 0. The number of esters is 2. The fourth-order valence-electron chi connectivity index (χ4n) is 1.41. The van der Waals surface area contributed by atoms with E-state index in [9.17, 15) is 22.6 Å². The Morgan fingerprint density at radius 3 is 1.60 bits per heavy atom. The van der Waals surface area contributed by atoms with Crippen LogP contribution in [0.3, 0.4) is 0 Å². The van der Waals surface area contributed by atoms with Gasteiger partial charge in [-0.15, -0.1) is 0 Å². The quantitative estimate of drug-likeness (QED) is 0.320. The van der Waals surface area contributed by atoms with Gasteiger partial charge in [-0.3, -0.25) is 9.05 Å². The number of carbonyl (C=O) groups is 2. The monoisotopic (exact) mass is 480 g/mol. The minimum absolute atomic E-state index is 0.287. The van der Waals surface area contributed by atoms with Crippen molar-refractivity contribution in [2.75, 3.05) is 13.2 Å². The molecule has 0 aromatic heterocycles. The minimum Gasteiger partial charge on any atom is -0.461 e. The van der Waals surface area contributed by atoms with E-state index in [4.69, 9.17) is 9.63 Å². The summed E-state index contributed by atoms with van der Waals surface area (Å²) in [6.45, 7) is 11.6. The number of hydrogen-bond acceptors (Lipinski definition) is 11. The van der Waals surface area contributed by atoms with E-state index in [-0.39, 0.29) is 12.2 Å². The highest BCUT2D eigenvalue weighted by molar-refractivity contribution is 7.81. The topological polar surface area (TPSA) is 161 Å². The van der Waals surface area contributed by atoms with Gasteiger partial charge in [0.1, 0.15) is 0 Å². The smallest absolute Gasteiger partial charge is 0.461 e. The molecule has 0 spiro atoms. The predicted octanol–water partition coefficient (Wildman–Crippen LogP) is 2.10. The lowest BCUT2D eigenvalue weighted by Crippen LogP contribution is -2.22. The second-order valence-corrected chi connectivity index (χ2v) is 9.44. The van der Waals surface area contributed by atoms with Crippen molar-refractivity contribution in [1.82, 2.24) is 0 Å². The molecule has 0 bridgehead atoms. The molecule has 0 aliphatic rings. The van der Waals surface area contributed by atoms with Gasteiger partial charge in [-0.05, 0) is 55.4 Å². The fourth-order valence-corrected chi connectivity index (χ4v) is 3.04. The van der Waals surface area contributed by atoms with E-state index in [0.29, 0.717) is 0 Å². The largest absolute Gasteiger partial charge is 0.472 e. The van der Waals surface area contributed by atoms with Gasteiger partial charge < -0.3 is 14.4 Å². The number of phosphoric ester groups is 1. The summed E-state index contributed by atoms with van der Waals surface area (Å²) in [7, 11) is -8.26. The summed E-state index contributed by atoms with van der Waals surface area (Å²) in [6, 6.07) is 0. The molecule has 0 aliphatic carbocycles. The maximum atomic E-state index is 11.1. The summed E-state index contributed by atoms with van der Waals surface area (Å²) in [6.07, 6.45) is -1.59. The molecule has 1 N–H and O–H groups in total. The lowest BCUT2D eigenvalue weighted by molar-refractivity contribution is -0.151. The molecular formula is C16H33O12PS. The molecule has 180 valence electrons. The average Bonchev–Trinajstić information content (AvgIpc) is 2.48. The fraction of sp³-hybridized carbons (Fsp3) is 0.875. The highest BCUT2D eigenvalue weighted by Gasteiger charge is 2.24. The van der Waals surface area contributed by atoms with Crippen LogP contribution >= 0.6 is 7.82 Å². The molecule has 0 saturated carbocycles. The van der Waals surface area contributed by atoms with Crippen molar-refractivity contribution in [1.29, 1.82) is 0 Å². The van der Waals surface area contributed by atoms with Crippen LogP contribution in [0.15, 0.2) is 0 Å². The third kappa shape index (κ3) is 21.6. The van der Waals surface area contributed by atoms with E-state index in [1.807, 2.05) is 0 Å². The zero-order chi connectivity index (χ0) is 24.1. The highest BCUT2D eigenvalue weighted by Crippen LogP contribution is 2.44. The van der Waals surface area contributed by atoms with Gasteiger partial charge in [0.25, 0.3) is 0 Å². The summed E-state index contributed by atoms with van der Waals surface area (Å²) in [4.78, 5) is 30.9. The van der Waals surface area contributed by atoms with Gasteiger partial charge in [0, 0.05) is 0 Å². The summed E-state index contributed by atoms with van der Waals surface area (Å²) in [5.74, 6) is -1.45. The number of carbonyl (C=O) groups excluding carboxylic acids is 2. The molecule has 0 aromatic rings. The van der Waals surface area contributed by atoms with Gasteiger partial charge in [0.2, 0.25) is 0 Å². The first-order chi connectivity index (χ1) is 13.5. The molecule has 0 rings (SSSR count). The minimum atomic E-state index is -4.15. The summed E-state index contributed by atoms with van der Waals surface area (Å²) < 4.78 is 60.1. The Bertz CT molecular complexity index is 657. The van der Waals surface area contributed by atoms with Crippen molar-refractivity contribution in [3.8, 4) is 0 Å². The van der Waals surface area contributed by atoms with Crippen molar-refractivity contribution >= 4 is 30.2 Å². The van der Waals surface area contributed by atoms with Crippen LogP contribution in [-0.2, 0) is 51.4 Å². The van der Waals surface area contributed by atoms with Crippen LogP contribution in [0.2, 0.25) is 0 Å². The first kappa shape index (κ1) is 31.1.